The number of carbonyl (C=O) groups excluding carboxylic acids is 1. The average Bonchev–Trinajstić information content (AvgIpc) is 2.47. The Hall–Kier alpha value is -1.84. The average molecular weight is 304 g/mol. The summed E-state index contributed by atoms with van der Waals surface area (Å²) in [5.74, 6) is -0.317. The number of hydrogen-bond acceptors (Lipinski definition) is 3. The first-order valence-corrected chi connectivity index (χ1v) is 7.24. The molecule has 0 fully saturated rings. The van der Waals surface area contributed by atoms with Crippen LogP contribution in [0.5, 0.6) is 0 Å². The van der Waals surface area contributed by atoms with E-state index in [9.17, 15) is 4.79 Å². The second-order valence-corrected chi connectivity index (χ2v) is 5.19. The Balaban J connectivity index is 2.40. The summed E-state index contributed by atoms with van der Waals surface area (Å²) in [5, 5.41) is 0.650. The van der Waals surface area contributed by atoms with Crippen molar-refractivity contribution in [2.75, 3.05) is 6.61 Å². The lowest BCUT2D eigenvalue weighted by molar-refractivity contribution is 0.0526. The third kappa shape index (κ3) is 3.43. The van der Waals surface area contributed by atoms with Gasteiger partial charge < -0.3 is 10.5 Å². The first kappa shape index (κ1) is 15.5. The molecule has 110 valence electrons. The molecule has 1 unspecified atom stereocenters. The Morgan fingerprint density at radius 2 is 1.90 bits per heavy atom. The zero-order chi connectivity index (χ0) is 15.4. The standard InChI is InChI=1S/C17H18ClNO2/c1-3-21-17(20)13-9-7-12(8-10-13)14-5-4-6-15(18)16(14)11(2)19/h4-11H,3,19H2,1-2H3. The van der Waals surface area contributed by atoms with Gasteiger partial charge in [-0.1, -0.05) is 35.9 Å². The molecule has 0 spiro atoms. The highest BCUT2D eigenvalue weighted by Crippen LogP contribution is 2.32. The minimum atomic E-state index is -0.317. The first-order valence-electron chi connectivity index (χ1n) is 6.86. The van der Waals surface area contributed by atoms with Gasteiger partial charge in [-0.2, -0.15) is 0 Å². The molecule has 21 heavy (non-hydrogen) atoms. The van der Waals surface area contributed by atoms with Crippen LogP contribution in [0.4, 0.5) is 0 Å². The number of rotatable bonds is 4. The maximum atomic E-state index is 11.7. The lowest BCUT2D eigenvalue weighted by Crippen LogP contribution is -2.08. The van der Waals surface area contributed by atoms with Gasteiger partial charge in [-0.15, -0.1) is 0 Å². The summed E-state index contributed by atoms with van der Waals surface area (Å²) in [4.78, 5) is 11.7. The Kier molecular flexibility index (Phi) is 4.99. The largest absolute Gasteiger partial charge is 0.462 e. The summed E-state index contributed by atoms with van der Waals surface area (Å²) in [6, 6.07) is 12.8. The van der Waals surface area contributed by atoms with Crippen LogP contribution in [0, 0.1) is 0 Å². The summed E-state index contributed by atoms with van der Waals surface area (Å²) < 4.78 is 4.97. The van der Waals surface area contributed by atoms with E-state index in [0.29, 0.717) is 17.2 Å². The van der Waals surface area contributed by atoms with Crippen LogP contribution in [0.15, 0.2) is 42.5 Å². The van der Waals surface area contributed by atoms with E-state index >= 15 is 0 Å². The lowest BCUT2D eigenvalue weighted by atomic mass is 9.95. The molecule has 3 nitrogen and oxygen atoms in total. The minimum absolute atomic E-state index is 0.168. The second kappa shape index (κ2) is 6.74. The van der Waals surface area contributed by atoms with E-state index in [2.05, 4.69) is 0 Å². The molecule has 0 heterocycles. The molecule has 2 aromatic rings. The summed E-state index contributed by atoms with van der Waals surface area (Å²) in [7, 11) is 0. The number of hydrogen-bond donors (Lipinski definition) is 1. The molecule has 2 N–H and O–H groups in total. The van der Waals surface area contributed by atoms with E-state index in [1.165, 1.54) is 0 Å². The number of benzene rings is 2. The van der Waals surface area contributed by atoms with Crippen molar-refractivity contribution in [1.29, 1.82) is 0 Å². The van der Waals surface area contributed by atoms with Crippen LogP contribution < -0.4 is 5.73 Å². The van der Waals surface area contributed by atoms with Gasteiger partial charge in [0, 0.05) is 11.1 Å². The van der Waals surface area contributed by atoms with Crippen molar-refractivity contribution in [1.82, 2.24) is 0 Å². The van der Waals surface area contributed by atoms with Gasteiger partial charge in [-0.05, 0) is 48.7 Å². The molecule has 0 amide bonds. The SMILES string of the molecule is CCOC(=O)c1ccc(-c2cccc(Cl)c2C(C)N)cc1. The molecular formula is C17H18ClNO2. The summed E-state index contributed by atoms with van der Waals surface area (Å²) in [6.45, 7) is 4.05. The third-order valence-electron chi connectivity index (χ3n) is 3.22. The molecule has 1 atom stereocenters. The normalized spacial score (nSPS) is 12.0. The predicted octanol–water partition coefficient (Wildman–Crippen LogP) is 4.20. The van der Waals surface area contributed by atoms with E-state index < -0.39 is 0 Å². The molecule has 0 aliphatic rings. The second-order valence-electron chi connectivity index (χ2n) is 4.79. The fourth-order valence-electron chi connectivity index (χ4n) is 2.25. The van der Waals surface area contributed by atoms with Gasteiger partial charge in [0.25, 0.3) is 0 Å². The summed E-state index contributed by atoms with van der Waals surface area (Å²) in [5.41, 5.74) is 9.40. The number of ether oxygens (including phenoxy) is 1. The Morgan fingerprint density at radius 3 is 2.48 bits per heavy atom. The van der Waals surface area contributed by atoms with Crippen LogP contribution in [-0.2, 0) is 4.74 Å². The molecule has 0 aliphatic carbocycles. The molecule has 4 heteroatoms. The van der Waals surface area contributed by atoms with Gasteiger partial charge in [0.15, 0.2) is 0 Å². The molecular weight excluding hydrogens is 286 g/mol. The first-order chi connectivity index (χ1) is 10.0. The monoisotopic (exact) mass is 303 g/mol. The number of halogens is 1. The number of nitrogens with two attached hydrogens (primary N) is 1. The van der Waals surface area contributed by atoms with Crippen molar-refractivity contribution < 1.29 is 9.53 Å². The topological polar surface area (TPSA) is 52.3 Å². The highest BCUT2D eigenvalue weighted by atomic mass is 35.5. The fourth-order valence-corrected chi connectivity index (χ4v) is 2.60. The van der Waals surface area contributed by atoms with Crippen LogP contribution in [-0.4, -0.2) is 12.6 Å². The van der Waals surface area contributed by atoms with Crippen molar-refractivity contribution in [3.63, 3.8) is 0 Å². The van der Waals surface area contributed by atoms with E-state index in [-0.39, 0.29) is 12.0 Å². The molecule has 0 saturated heterocycles. The van der Waals surface area contributed by atoms with Gasteiger partial charge in [0.1, 0.15) is 0 Å². The van der Waals surface area contributed by atoms with E-state index in [4.69, 9.17) is 22.1 Å². The van der Waals surface area contributed by atoms with Crippen LogP contribution >= 0.6 is 11.6 Å². The predicted molar refractivity (Wildman–Crippen MR) is 85.4 cm³/mol. The number of carbonyl (C=O) groups is 1. The molecule has 0 aromatic heterocycles. The smallest absolute Gasteiger partial charge is 0.338 e. The summed E-state index contributed by atoms with van der Waals surface area (Å²) >= 11 is 6.24. The van der Waals surface area contributed by atoms with Gasteiger partial charge in [0.2, 0.25) is 0 Å². The lowest BCUT2D eigenvalue weighted by Gasteiger charge is -2.15. The van der Waals surface area contributed by atoms with E-state index in [1.807, 2.05) is 37.3 Å². The van der Waals surface area contributed by atoms with Gasteiger partial charge in [-0.3, -0.25) is 0 Å². The minimum Gasteiger partial charge on any atom is -0.462 e. The van der Waals surface area contributed by atoms with Crippen molar-refractivity contribution in [3.8, 4) is 11.1 Å². The van der Waals surface area contributed by atoms with Crippen LogP contribution in [0.2, 0.25) is 5.02 Å². The van der Waals surface area contributed by atoms with Crippen molar-refractivity contribution >= 4 is 17.6 Å². The van der Waals surface area contributed by atoms with Crippen molar-refractivity contribution in [2.24, 2.45) is 5.73 Å². The highest BCUT2D eigenvalue weighted by Gasteiger charge is 2.13. The maximum absolute atomic E-state index is 11.7. The zero-order valence-electron chi connectivity index (χ0n) is 12.1. The van der Waals surface area contributed by atoms with E-state index in [0.717, 1.165) is 16.7 Å². The highest BCUT2D eigenvalue weighted by molar-refractivity contribution is 6.31. The fraction of sp³-hybridized carbons (Fsp3) is 0.235. The maximum Gasteiger partial charge on any atom is 0.338 e. The van der Waals surface area contributed by atoms with Gasteiger partial charge >= 0.3 is 5.97 Å². The van der Waals surface area contributed by atoms with Crippen LogP contribution in [0.1, 0.15) is 35.8 Å². The Morgan fingerprint density at radius 1 is 1.24 bits per heavy atom. The van der Waals surface area contributed by atoms with Crippen molar-refractivity contribution in [2.45, 2.75) is 19.9 Å². The molecule has 2 aromatic carbocycles. The summed E-state index contributed by atoms with van der Waals surface area (Å²) in [6.07, 6.45) is 0. The van der Waals surface area contributed by atoms with Crippen molar-refractivity contribution in [3.05, 3.63) is 58.6 Å². The Labute approximate surface area is 129 Å². The Bertz CT molecular complexity index is 636. The number of esters is 1. The quantitative estimate of drug-likeness (QED) is 0.861. The molecule has 2 rings (SSSR count). The molecule has 0 saturated carbocycles. The van der Waals surface area contributed by atoms with E-state index in [1.54, 1.807) is 19.1 Å². The molecule has 0 aliphatic heterocycles. The molecule has 0 radical (unpaired) electrons. The zero-order valence-corrected chi connectivity index (χ0v) is 12.9. The van der Waals surface area contributed by atoms with Crippen LogP contribution in [0.25, 0.3) is 11.1 Å². The van der Waals surface area contributed by atoms with Gasteiger partial charge in [0.05, 0.1) is 12.2 Å². The molecule has 0 bridgehead atoms. The van der Waals surface area contributed by atoms with Crippen LogP contribution in [0.3, 0.4) is 0 Å². The van der Waals surface area contributed by atoms with Gasteiger partial charge in [-0.25, -0.2) is 4.79 Å². The third-order valence-corrected chi connectivity index (χ3v) is 3.54.